The minimum absolute atomic E-state index is 0.0964. The largest absolute Gasteiger partial charge is 0.505 e. The van der Waals surface area contributed by atoms with E-state index < -0.39 is 17.7 Å². The molecule has 7 heteroatoms. The Morgan fingerprint density at radius 3 is 2.33 bits per heavy atom. The maximum absolute atomic E-state index is 12.5. The number of aromatic hydroxyl groups is 1. The van der Waals surface area contributed by atoms with E-state index in [-0.39, 0.29) is 21.4 Å². The van der Waals surface area contributed by atoms with Gasteiger partial charge in [0.2, 0.25) is 0 Å². The minimum Gasteiger partial charge on any atom is -0.505 e. The lowest BCUT2D eigenvalue weighted by Crippen LogP contribution is -2.14. The van der Waals surface area contributed by atoms with Gasteiger partial charge >= 0.3 is 11.9 Å². The molecule has 1 saturated carbocycles. The summed E-state index contributed by atoms with van der Waals surface area (Å²) in [6.07, 6.45) is 3.50. The third kappa shape index (κ3) is 3.25. The van der Waals surface area contributed by atoms with Gasteiger partial charge in [-0.05, 0) is 43.4 Å². The zero-order valence-electron chi connectivity index (χ0n) is 12.6. The molecule has 0 saturated heterocycles. The number of ether oxygens (including phenoxy) is 1. The molecule has 1 aromatic carbocycles. The van der Waals surface area contributed by atoms with Crippen molar-refractivity contribution in [3.8, 4) is 16.9 Å². The number of carbonyl (C=O) groups is 2. The molecule has 126 valence electrons. The fourth-order valence-corrected chi connectivity index (χ4v) is 3.87. The Labute approximate surface area is 147 Å². The molecule has 0 atom stereocenters. The third-order valence-corrected chi connectivity index (χ3v) is 5.37. The van der Waals surface area contributed by atoms with Crippen LogP contribution in [0.5, 0.6) is 5.75 Å². The van der Waals surface area contributed by atoms with E-state index in [0.29, 0.717) is 10.6 Å². The van der Waals surface area contributed by atoms with Crippen LogP contribution in [0.1, 0.15) is 45.0 Å². The molecule has 0 unspecified atom stereocenters. The van der Waals surface area contributed by atoms with Crippen molar-refractivity contribution in [2.45, 2.75) is 31.8 Å². The summed E-state index contributed by atoms with van der Waals surface area (Å²) in [6.45, 7) is 0. The van der Waals surface area contributed by atoms with Crippen molar-refractivity contribution in [2.75, 3.05) is 0 Å². The molecule has 3 rings (SSSR count). The van der Waals surface area contributed by atoms with Crippen LogP contribution in [-0.4, -0.2) is 28.3 Å². The first kappa shape index (κ1) is 16.8. The minimum atomic E-state index is -1.28. The highest BCUT2D eigenvalue weighted by Gasteiger charge is 2.30. The summed E-state index contributed by atoms with van der Waals surface area (Å²) in [5.41, 5.74) is 0.691. The Hall–Kier alpha value is -2.05. The van der Waals surface area contributed by atoms with Gasteiger partial charge in [0.15, 0.2) is 4.88 Å². The second kappa shape index (κ2) is 6.83. The lowest BCUT2D eigenvalue weighted by Gasteiger charge is -2.11. The molecular formula is C17H15ClO5S. The van der Waals surface area contributed by atoms with Crippen LogP contribution in [0.15, 0.2) is 24.3 Å². The van der Waals surface area contributed by atoms with Crippen molar-refractivity contribution in [3.63, 3.8) is 0 Å². The van der Waals surface area contributed by atoms with Crippen molar-refractivity contribution in [2.24, 2.45) is 0 Å². The maximum atomic E-state index is 12.5. The lowest BCUT2D eigenvalue weighted by molar-refractivity contribution is 0.0324. The molecule has 0 amide bonds. The van der Waals surface area contributed by atoms with Gasteiger partial charge in [0.1, 0.15) is 16.7 Å². The summed E-state index contributed by atoms with van der Waals surface area (Å²) in [5, 5.41) is 20.0. The van der Waals surface area contributed by atoms with Gasteiger partial charge in [-0.1, -0.05) is 23.7 Å². The van der Waals surface area contributed by atoms with E-state index in [9.17, 15) is 19.8 Å². The summed E-state index contributed by atoms with van der Waals surface area (Å²) in [5.74, 6) is -2.31. The van der Waals surface area contributed by atoms with Crippen LogP contribution in [0.4, 0.5) is 0 Å². The molecule has 2 aromatic rings. The molecule has 1 aromatic heterocycles. The lowest BCUT2D eigenvalue weighted by atomic mass is 10.0. The van der Waals surface area contributed by atoms with Gasteiger partial charge in [-0.2, -0.15) is 0 Å². The Morgan fingerprint density at radius 1 is 1.12 bits per heavy atom. The summed E-state index contributed by atoms with van der Waals surface area (Å²) in [4.78, 5) is 23.6. The maximum Gasteiger partial charge on any atom is 0.349 e. The number of carbonyl (C=O) groups excluding carboxylic acids is 1. The molecular weight excluding hydrogens is 352 g/mol. The number of esters is 1. The average molecular weight is 367 g/mol. The van der Waals surface area contributed by atoms with E-state index >= 15 is 0 Å². The van der Waals surface area contributed by atoms with Crippen LogP contribution in [-0.2, 0) is 4.74 Å². The second-order valence-corrected chi connectivity index (χ2v) is 7.06. The van der Waals surface area contributed by atoms with Crippen LogP contribution in [0.3, 0.4) is 0 Å². The first-order valence-corrected chi connectivity index (χ1v) is 8.72. The zero-order valence-corrected chi connectivity index (χ0v) is 14.2. The summed E-state index contributed by atoms with van der Waals surface area (Å²) in [6, 6.07) is 6.48. The average Bonchev–Trinajstić information content (AvgIpc) is 3.16. The monoisotopic (exact) mass is 366 g/mol. The van der Waals surface area contributed by atoms with E-state index in [4.69, 9.17) is 16.3 Å². The molecule has 0 radical (unpaired) electrons. The van der Waals surface area contributed by atoms with Gasteiger partial charge in [-0.3, -0.25) is 0 Å². The molecule has 0 aliphatic heterocycles. The Bertz CT molecular complexity index is 775. The van der Waals surface area contributed by atoms with Crippen molar-refractivity contribution in [3.05, 3.63) is 39.0 Å². The van der Waals surface area contributed by atoms with E-state index in [1.807, 2.05) is 0 Å². The smallest absolute Gasteiger partial charge is 0.349 e. The number of aromatic carboxylic acids is 1. The highest BCUT2D eigenvalue weighted by Crippen LogP contribution is 2.43. The number of benzene rings is 1. The van der Waals surface area contributed by atoms with Gasteiger partial charge in [0.25, 0.3) is 0 Å². The number of carboxylic acid groups (broad SMARTS) is 1. The number of halogens is 1. The predicted molar refractivity (Wildman–Crippen MR) is 91.1 cm³/mol. The molecule has 0 spiro atoms. The van der Waals surface area contributed by atoms with Gasteiger partial charge in [-0.15, -0.1) is 11.3 Å². The number of rotatable bonds is 4. The zero-order chi connectivity index (χ0) is 17.3. The molecule has 24 heavy (non-hydrogen) atoms. The van der Waals surface area contributed by atoms with E-state index in [2.05, 4.69) is 0 Å². The van der Waals surface area contributed by atoms with Crippen molar-refractivity contribution in [1.82, 2.24) is 0 Å². The molecule has 5 nitrogen and oxygen atoms in total. The van der Waals surface area contributed by atoms with Crippen LogP contribution >= 0.6 is 22.9 Å². The van der Waals surface area contributed by atoms with Crippen LogP contribution in [0.2, 0.25) is 5.02 Å². The van der Waals surface area contributed by atoms with Crippen LogP contribution in [0, 0.1) is 0 Å². The molecule has 1 heterocycles. The molecule has 2 N–H and O–H groups in total. The van der Waals surface area contributed by atoms with Gasteiger partial charge in [0.05, 0.1) is 0 Å². The van der Waals surface area contributed by atoms with Crippen molar-refractivity contribution >= 4 is 34.9 Å². The fraction of sp³-hybridized carbons (Fsp3) is 0.294. The summed E-state index contributed by atoms with van der Waals surface area (Å²) in [7, 11) is 0. The van der Waals surface area contributed by atoms with Gasteiger partial charge in [0, 0.05) is 10.6 Å². The number of hydrogen-bond acceptors (Lipinski definition) is 5. The topological polar surface area (TPSA) is 83.8 Å². The Balaban J connectivity index is 2.03. The Morgan fingerprint density at radius 2 is 1.75 bits per heavy atom. The van der Waals surface area contributed by atoms with Gasteiger partial charge < -0.3 is 14.9 Å². The van der Waals surface area contributed by atoms with E-state index in [0.717, 1.165) is 37.0 Å². The first-order valence-electron chi connectivity index (χ1n) is 7.53. The normalized spacial score (nSPS) is 14.7. The van der Waals surface area contributed by atoms with E-state index in [1.165, 1.54) is 0 Å². The number of carboxylic acids is 1. The van der Waals surface area contributed by atoms with Crippen molar-refractivity contribution < 1.29 is 24.5 Å². The third-order valence-electron chi connectivity index (χ3n) is 3.97. The standard InChI is InChI=1S/C17H15ClO5S/c18-10-7-5-9(6-8-10)12-13(19)15(16(20)21)24-14(12)17(22)23-11-3-1-2-4-11/h5-8,11,19H,1-4H2,(H,20,21). The quantitative estimate of drug-likeness (QED) is 0.774. The number of hydrogen-bond donors (Lipinski definition) is 2. The van der Waals surface area contributed by atoms with Crippen molar-refractivity contribution in [1.29, 1.82) is 0 Å². The summed E-state index contributed by atoms with van der Waals surface area (Å²) >= 11 is 6.59. The van der Waals surface area contributed by atoms with E-state index in [1.54, 1.807) is 24.3 Å². The Kier molecular flexibility index (Phi) is 4.78. The highest BCUT2D eigenvalue weighted by molar-refractivity contribution is 7.16. The fourth-order valence-electron chi connectivity index (χ4n) is 2.81. The van der Waals surface area contributed by atoms with Gasteiger partial charge in [-0.25, -0.2) is 9.59 Å². The molecule has 0 bridgehead atoms. The SMILES string of the molecule is O=C(O)c1sc(C(=O)OC2CCCC2)c(-c2ccc(Cl)cc2)c1O. The summed E-state index contributed by atoms with van der Waals surface area (Å²) < 4.78 is 5.47. The van der Waals surface area contributed by atoms with Crippen LogP contribution in [0.25, 0.3) is 11.1 Å². The molecule has 1 fully saturated rings. The predicted octanol–water partition coefficient (Wildman–Crippen LogP) is 4.57. The first-order chi connectivity index (χ1) is 11.5. The molecule has 1 aliphatic carbocycles. The highest BCUT2D eigenvalue weighted by atomic mass is 35.5. The molecule has 1 aliphatic rings. The second-order valence-electron chi connectivity index (χ2n) is 5.61. The van der Waals surface area contributed by atoms with Crippen LogP contribution < -0.4 is 0 Å². The number of thiophene rings is 1.